The molecular weight excluding hydrogens is 869 g/mol. The van der Waals surface area contributed by atoms with Crippen LogP contribution in [0.15, 0.2) is 180 Å². The average molecular weight is 921 g/mol. The number of rotatable bonds is 7. The highest BCUT2D eigenvalue weighted by Crippen LogP contribution is 2.48. The van der Waals surface area contributed by atoms with Crippen LogP contribution in [0.5, 0.6) is 0 Å². The van der Waals surface area contributed by atoms with Gasteiger partial charge in [0, 0.05) is 77.1 Å². The van der Waals surface area contributed by atoms with Crippen LogP contribution in [0.25, 0.3) is 88.6 Å². The van der Waals surface area contributed by atoms with Crippen molar-refractivity contribution in [3.63, 3.8) is 0 Å². The van der Waals surface area contributed by atoms with Gasteiger partial charge in [-0.05, 0) is 164 Å². The third-order valence-electron chi connectivity index (χ3n) is 14.9. The highest BCUT2D eigenvalue weighted by atomic mass is 32.2. The van der Waals surface area contributed by atoms with Crippen LogP contribution in [0.4, 0.5) is 0 Å². The van der Waals surface area contributed by atoms with E-state index in [0.29, 0.717) is 0 Å². The summed E-state index contributed by atoms with van der Waals surface area (Å²) in [5, 5.41) is 6.87. The minimum atomic E-state index is -0.148. The van der Waals surface area contributed by atoms with Crippen LogP contribution in [0.2, 0.25) is 0 Å². The zero-order chi connectivity index (χ0) is 46.7. The summed E-state index contributed by atoms with van der Waals surface area (Å²) in [5.41, 5.74) is 15.1. The largest absolute Gasteiger partial charge is 0.309 e. The van der Waals surface area contributed by atoms with Gasteiger partial charge in [-0.2, -0.15) is 0 Å². The average Bonchev–Trinajstić information content (AvgIpc) is 3.99. The van der Waals surface area contributed by atoms with Crippen molar-refractivity contribution in [2.75, 3.05) is 0 Å². The molecule has 0 saturated carbocycles. The minimum absolute atomic E-state index is 0.0142. The second-order valence-electron chi connectivity index (χ2n) is 20.3. The predicted octanol–water partition coefficient (Wildman–Crippen LogP) is 15.8. The van der Waals surface area contributed by atoms with Crippen LogP contribution in [0, 0.1) is 0 Å². The summed E-state index contributed by atoms with van der Waals surface area (Å²) in [6, 6.07) is 57.4. The summed E-state index contributed by atoms with van der Waals surface area (Å²) in [6.07, 6.45) is 3.98. The molecule has 6 nitrogen and oxygen atoms in total. The van der Waals surface area contributed by atoms with Crippen LogP contribution in [-0.2, 0) is 0 Å². The standard InChI is InChI=1S/C60H52N6S2/c1-57(2)59(5,6)67-55(63-57)41-19-25-49(61-35-41)39-23-29-53-47(33-39)45-31-37(21-27-51(45)65(53)43-15-11-9-12-16-43)38-22-28-52-46(32-38)48-34-40(24-30-54(48)66(52)44-17-13-10-14-18-44)50-26-20-42(36-62-50)56-64-58(3,4)60(7,8)68-56/h9-36H,1-8H3. The van der Waals surface area contributed by atoms with Crippen LogP contribution < -0.4 is 0 Å². The summed E-state index contributed by atoms with van der Waals surface area (Å²) < 4.78 is 4.79. The van der Waals surface area contributed by atoms with Crippen molar-refractivity contribution in [3.05, 3.63) is 181 Å². The number of pyridine rings is 2. The van der Waals surface area contributed by atoms with Crippen molar-refractivity contribution in [1.82, 2.24) is 19.1 Å². The molecule has 0 bridgehead atoms. The first-order chi connectivity index (χ1) is 32.6. The van der Waals surface area contributed by atoms with E-state index in [4.69, 9.17) is 20.0 Å². The molecule has 68 heavy (non-hydrogen) atoms. The van der Waals surface area contributed by atoms with E-state index in [1.807, 2.05) is 35.9 Å². The monoisotopic (exact) mass is 920 g/mol. The van der Waals surface area contributed by atoms with Crippen molar-refractivity contribution >= 4 is 77.2 Å². The Bertz CT molecular complexity index is 3460. The lowest BCUT2D eigenvalue weighted by Crippen LogP contribution is -2.36. The van der Waals surface area contributed by atoms with Gasteiger partial charge in [0.15, 0.2) is 0 Å². The Morgan fingerprint density at radius 3 is 0.985 bits per heavy atom. The summed E-state index contributed by atoms with van der Waals surface area (Å²) in [5.74, 6) is 0. The third-order valence-corrected chi connectivity index (χ3v) is 18.0. The molecule has 6 aromatic carbocycles. The van der Waals surface area contributed by atoms with Gasteiger partial charge in [0.1, 0.15) is 10.1 Å². The van der Waals surface area contributed by atoms with E-state index in [1.54, 1.807) is 0 Å². The van der Waals surface area contributed by atoms with E-state index in [0.717, 1.165) is 88.3 Å². The summed E-state index contributed by atoms with van der Waals surface area (Å²) in [7, 11) is 0. The first kappa shape index (κ1) is 42.6. The lowest BCUT2D eigenvalue weighted by atomic mass is 9.91. The molecule has 0 spiro atoms. The molecule has 0 amide bonds. The Hall–Kier alpha value is -6.74. The fraction of sp³-hybridized carbons (Fsp3) is 0.200. The number of aromatic nitrogens is 4. The SMILES string of the molecule is CC1(C)N=C(c2ccc(-c3ccc4c(c3)c3cc(-c5ccc6c(c5)c5cc(-c7ccc(C8=NC(C)(C)C(C)(C)S8)cn7)ccc5n6-c5ccccc5)ccc3n4-c3ccccc3)nc2)SC1(C)C. The molecule has 0 fully saturated rings. The fourth-order valence-electron chi connectivity index (χ4n) is 9.62. The lowest BCUT2D eigenvalue weighted by molar-refractivity contribution is 0.426. The van der Waals surface area contributed by atoms with Crippen LogP contribution >= 0.6 is 23.5 Å². The smallest absolute Gasteiger partial charge is 0.101 e. The van der Waals surface area contributed by atoms with Gasteiger partial charge in [-0.25, -0.2) is 0 Å². The maximum Gasteiger partial charge on any atom is 0.101 e. The zero-order valence-electron chi connectivity index (χ0n) is 39.7. The summed E-state index contributed by atoms with van der Waals surface area (Å²) in [6.45, 7) is 17.9. The molecule has 0 unspecified atom stereocenters. The van der Waals surface area contributed by atoms with E-state index in [9.17, 15) is 0 Å². The van der Waals surface area contributed by atoms with E-state index < -0.39 is 0 Å². The molecule has 12 rings (SSSR count). The Morgan fingerprint density at radius 1 is 0.353 bits per heavy atom. The van der Waals surface area contributed by atoms with Gasteiger partial charge in [-0.15, -0.1) is 0 Å². The van der Waals surface area contributed by atoms with Crippen molar-refractivity contribution in [2.24, 2.45) is 9.98 Å². The highest BCUT2D eigenvalue weighted by molar-refractivity contribution is 8.16. The fourth-order valence-corrected chi connectivity index (χ4v) is 12.2. The summed E-state index contributed by atoms with van der Waals surface area (Å²) in [4.78, 5) is 20.2. The Labute approximate surface area is 406 Å². The molecule has 0 saturated heterocycles. The van der Waals surface area contributed by atoms with Gasteiger partial charge >= 0.3 is 0 Å². The normalized spacial score (nSPS) is 17.1. The number of hydrogen-bond acceptors (Lipinski definition) is 6. The van der Waals surface area contributed by atoms with E-state index in [-0.39, 0.29) is 20.6 Å². The molecule has 4 aromatic heterocycles. The molecule has 10 aromatic rings. The van der Waals surface area contributed by atoms with Gasteiger partial charge in [-0.1, -0.05) is 84.2 Å². The number of para-hydroxylation sites is 2. The van der Waals surface area contributed by atoms with Gasteiger partial charge in [-0.3, -0.25) is 20.0 Å². The van der Waals surface area contributed by atoms with Crippen LogP contribution in [0.3, 0.4) is 0 Å². The van der Waals surface area contributed by atoms with E-state index >= 15 is 0 Å². The quantitative estimate of drug-likeness (QED) is 0.160. The van der Waals surface area contributed by atoms with E-state index in [1.165, 1.54) is 21.5 Å². The topological polar surface area (TPSA) is 60.4 Å². The first-order valence-corrected chi connectivity index (χ1v) is 25.1. The molecule has 0 radical (unpaired) electrons. The third kappa shape index (κ3) is 6.86. The Kier molecular flexibility index (Phi) is 9.64. The first-order valence-electron chi connectivity index (χ1n) is 23.4. The second-order valence-corrected chi connectivity index (χ2v) is 23.5. The molecule has 334 valence electrons. The van der Waals surface area contributed by atoms with Gasteiger partial charge in [0.05, 0.1) is 44.5 Å². The number of aliphatic imine (C=N–C) groups is 2. The Balaban J connectivity index is 0.970. The van der Waals surface area contributed by atoms with Crippen molar-refractivity contribution in [1.29, 1.82) is 0 Å². The number of nitrogens with zero attached hydrogens (tertiary/aromatic N) is 6. The molecule has 2 aliphatic rings. The molecule has 2 aliphatic heterocycles. The molecule has 6 heterocycles. The molecular formula is C60H52N6S2. The maximum absolute atomic E-state index is 5.10. The number of hydrogen-bond donors (Lipinski definition) is 0. The van der Waals surface area contributed by atoms with E-state index in [2.05, 4.69) is 222 Å². The van der Waals surface area contributed by atoms with Crippen molar-refractivity contribution in [3.8, 4) is 45.0 Å². The van der Waals surface area contributed by atoms with Gasteiger partial charge in [0.2, 0.25) is 0 Å². The van der Waals surface area contributed by atoms with Crippen LogP contribution in [-0.4, -0.2) is 49.8 Å². The summed E-state index contributed by atoms with van der Waals surface area (Å²) >= 11 is 3.67. The minimum Gasteiger partial charge on any atom is -0.309 e. The number of benzene rings is 6. The van der Waals surface area contributed by atoms with Crippen LogP contribution in [0.1, 0.15) is 66.5 Å². The van der Waals surface area contributed by atoms with Crippen molar-refractivity contribution in [2.45, 2.75) is 76.0 Å². The van der Waals surface area contributed by atoms with Gasteiger partial charge < -0.3 is 9.13 Å². The maximum atomic E-state index is 5.10. The lowest BCUT2D eigenvalue weighted by Gasteiger charge is -2.30. The predicted molar refractivity (Wildman–Crippen MR) is 292 cm³/mol. The molecule has 0 atom stereocenters. The zero-order valence-corrected chi connectivity index (χ0v) is 41.3. The molecule has 0 N–H and O–H groups in total. The van der Waals surface area contributed by atoms with Gasteiger partial charge in [0.25, 0.3) is 0 Å². The highest BCUT2D eigenvalue weighted by Gasteiger charge is 2.45. The number of thioether (sulfide) groups is 2. The Morgan fingerprint density at radius 2 is 0.676 bits per heavy atom. The second kappa shape index (κ2) is 15.4. The number of fused-ring (bicyclic) bond motifs is 6. The molecule has 8 heteroatoms. The molecule has 0 aliphatic carbocycles. The van der Waals surface area contributed by atoms with Crippen molar-refractivity contribution < 1.29 is 0 Å².